The quantitative estimate of drug-likeness (QED) is 0.836. The smallest absolute Gasteiger partial charge is 0.348 e. The molecule has 6 heteroatoms. The Morgan fingerprint density at radius 1 is 1.37 bits per heavy atom. The molecule has 1 unspecified atom stereocenters. The van der Waals surface area contributed by atoms with Crippen molar-refractivity contribution in [1.29, 1.82) is 0 Å². The fraction of sp³-hybridized carbons (Fsp3) is 0.615. The molecule has 2 N–H and O–H groups in total. The molecule has 0 aliphatic heterocycles. The molecule has 0 aromatic carbocycles. The van der Waals surface area contributed by atoms with Gasteiger partial charge < -0.3 is 5.32 Å². The van der Waals surface area contributed by atoms with E-state index in [1.807, 2.05) is 0 Å². The molecular weight excluding hydrogens is 242 g/mol. The van der Waals surface area contributed by atoms with Crippen molar-refractivity contribution in [2.24, 2.45) is 5.92 Å². The highest BCUT2D eigenvalue weighted by Crippen LogP contribution is 2.12. The monoisotopic (exact) mass is 263 g/mol. The van der Waals surface area contributed by atoms with Gasteiger partial charge in [0.25, 0.3) is 0 Å². The molecule has 2 aromatic rings. The molecule has 0 spiro atoms. The predicted octanol–water partition coefficient (Wildman–Crippen LogP) is 2.04. The highest BCUT2D eigenvalue weighted by Gasteiger charge is 2.06. The van der Waals surface area contributed by atoms with Crippen LogP contribution in [-0.4, -0.2) is 25.6 Å². The number of H-pyrrole nitrogens is 1. The first-order valence-electron chi connectivity index (χ1n) is 6.75. The van der Waals surface area contributed by atoms with Gasteiger partial charge in [-0.25, -0.2) is 19.3 Å². The number of aromatic nitrogens is 4. The summed E-state index contributed by atoms with van der Waals surface area (Å²) in [7, 11) is 0. The number of hydrogen-bond acceptors (Lipinski definition) is 4. The first kappa shape index (κ1) is 13.6. The first-order chi connectivity index (χ1) is 9.06. The second-order valence-corrected chi connectivity index (χ2v) is 5.40. The zero-order chi connectivity index (χ0) is 13.8. The zero-order valence-electron chi connectivity index (χ0n) is 11.7. The summed E-state index contributed by atoms with van der Waals surface area (Å²) in [5.74, 6) is 1.50. The largest absolute Gasteiger partial charge is 0.367 e. The molecule has 0 aliphatic rings. The van der Waals surface area contributed by atoms with E-state index in [-0.39, 0.29) is 5.69 Å². The number of fused-ring (bicyclic) bond motifs is 1. The van der Waals surface area contributed by atoms with Gasteiger partial charge in [-0.3, -0.25) is 0 Å². The Labute approximate surface area is 112 Å². The SMILES string of the molecule is CC(C)CCCC(C)Nc1cc2n[nH]c(=O)n2cn1. The van der Waals surface area contributed by atoms with E-state index in [1.165, 1.54) is 23.6 Å². The summed E-state index contributed by atoms with van der Waals surface area (Å²) in [4.78, 5) is 15.5. The lowest BCUT2D eigenvalue weighted by Gasteiger charge is -2.14. The molecule has 104 valence electrons. The molecule has 2 aromatic heterocycles. The standard InChI is InChI=1S/C13H21N5O/c1-9(2)5-4-6-10(3)15-11-7-12-16-17-13(19)18(12)8-14-11/h7-10,15H,4-6H2,1-3H3,(H,17,19). The molecule has 0 fully saturated rings. The maximum atomic E-state index is 11.3. The highest BCUT2D eigenvalue weighted by molar-refractivity contribution is 5.48. The number of rotatable bonds is 6. The molecule has 6 nitrogen and oxygen atoms in total. The van der Waals surface area contributed by atoms with Crippen molar-refractivity contribution in [1.82, 2.24) is 19.6 Å². The summed E-state index contributed by atoms with van der Waals surface area (Å²) in [6.07, 6.45) is 5.05. The number of hydrogen-bond donors (Lipinski definition) is 2. The Hall–Kier alpha value is -1.85. The predicted molar refractivity (Wildman–Crippen MR) is 75.4 cm³/mol. The summed E-state index contributed by atoms with van der Waals surface area (Å²) in [6, 6.07) is 2.14. The van der Waals surface area contributed by atoms with Crippen LogP contribution in [0.2, 0.25) is 0 Å². The molecule has 0 saturated heterocycles. The second-order valence-electron chi connectivity index (χ2n) is 5.40. The third kappa shape index (κ3) is 3.56. The van der Waals surface area contributed by atoms with E-state index in [4.69, 9.17) is 0 Å². The second kappa shape index (κ2) is 5.86. The third-order valence-corrected chi connectivity index (χ3v) is 3.12. The minimum Gasteiger partial charge on any atom is -0.367 e. The lowest BCUT2D eigenvalue weighted by atomic mass is 10.0. The molecule has 0 amide bonds. The average Bonchev–Trinajstić information content (AvgIpc) is 2.70. The fourth-order valence-electron chi connectivity index (χ4n) is 2.05. The van der Waals surface area contributed by atoms with Gasteiger partial charge in [0.15, 0.2) is 5.65 Å². The normalized spacial score (nSPS) is 13.1. The van der Waals surface area contributed by atoms with Gasteiger partial charge in [0, 0.05) is 12.1 Å². The minimum atomic E-state index is -0.265. The Morgan fingerprint density at radius 2 is 2.16 bits per heavy atom. The van der Waals surface area contributed by atoms with Gasteiger partial charge in [0.2, 0.25) is 0 Å². The maximum Gasteiger partial charge on any atom is 0.348 e. The number of nitrogens with zero attached hydrogens (tertiary/aromatic N) is 3. The Bertz CT molecular complexity index is 586. The lowest BCUT2D eigenvalue weighted by Crippen LogP contribution is -2.17. The van der Waals surface area contributed by atoms with Gasteiger partial charge in [-0.15, -0.1) is 0 Å². The van der Waals surface area contributed by atoms with Crippen LogP contribution in [0.25, 0.3) is 5.65 Å². The van der Waals surface area contributed by atoms with Crippen LogP contribution in [0.15, 0.2) is 17.2 Å². The van der Waals surface area contributed by atoms with Crippen molar-refractivity contribution in [2.45, 2.75) is 46.1 Å². The molecule has 0 bridgehead atoms. The summed E-state index contributed by atoms with van der Waals surface area (Å²) >= 11 is 0. The van der Waals surface area contributed by atoms with Gasteiger partial charge in [0.05, 0.1) is 0 Å². The van der Waals surface area contributed by atoms with Crippen LogP contribution in [-0.2, 0) is 0 Å². The summed E-state index contributed by atoms with van der Waals surface area (Å²) in [6.45, 7) is 6.62. The number of anilines is 1. The highest BCUT2D eigenvalue weighted by atomic mass is 16.1. The van der Waals surface area contributed by atoms with E-state index >= 15 is 0 Å². The van der Waals surface area contributed by atoms with Crippen molar-refractivity contribution in [2.75, 3.05) is 5.32 Å². The van der Waals surface area contributed by atoms with Crippen molar-refractivity contribution in [3.8, 4) is 0 Å². The van der Waals surface area contributed by atoms with Crippen LogP contribution in [0, 0.1) is 5.92 Å². The molecule has 1 atom stereocenters. The molecule has 2 rings (SSSR count). The summed E-state index contributed by atoms with van der Waals surface area (Å²) in [5, 5.41) is 9.65. The molecule has 2 heterocycles. The van der Waals surface area contributed by atoms with E-state index in [2.05, 4.69) is 41.3 Å². The summed E-state index contributed by atoms with van der Waals surface area (Å²) < 4.78 is 1.38. The van der Waals surface area contributed by atoms with Crippen LogP contribution in [0.3, 0.4) is 0 Å². The molecule has 0 saturated carbocycles. The van der Waals surface area contributed by atoms with Crippen LogP contribution in [0.1, 0.15) is 40.0 Å². The van der Waals surface area contributed by atoms with Crippen LogP contribution in [0.5, 0.6) is 0 Å². The van der Waals surface area contributed by atoms with Gasteiger partial charge >= 0.3 is 5.69 Å². The third-order valence-electron chi connectivity index (χ3n) is 3.12. The minimum absolute atomic E-state index is 0.265. The topological polar surface area (TPSA) is 75.1 Å². The van der Waals surface area contributed by atoms with Gasteiger partial charge in [-0.05, 0) is 19.3 Å². The van der Waals surface area contributed by atoms with Gasteiger partial charge in [0.1, 0.15) is 12.1 Å². The van der Waals surface area contributed by atoms with E-state index in [1.54, 1.807) is 6.07 Å². The zero-order valence-corrected chi connectivity index (χ0v) is 11.7. The lowest BCUT2D eigenvalue weighted by molar-refractivity contribution is 0.520. The number of nitrogens with one attached hydrogen (secondary N) is 2. The molecular formula is C13H21N5O. The number of aromatic amines is 1. The molecule has 19 heavy (non-hydrogen) atoms. The molecule has 0 aliphatic carbocycles. The average molecular weight is 263 g/mol. The van der Waals surface area contributed by atoms with E-state index < -0.39 is 0 Å². The van der Waals surface area contributed by atoms with Gasteiger partial charge in [-0.1, -0.05) is 26.7 Å². The van der Waals surface area contributed by atoms with Gasteiger partial charge in [-0.2, -0.15) is 5.10 Å². The molecule has 0 radical (unpaired) electrons. The van der Waals surface area contributed by atoms with E-state index in [9.17, 15) is 4.79 Å². The van der Waals surface area contributed by atoms with Crippen molar-refractivity contribution in [3.05, 3.63) is 22.9 Å². The van der Waals surface area contributed by atoms with Crippen LogP contribution >= 0.6 is 0 Å². The van der Waals surface area contributed by atoms with E-state index in [0.29, 0.717) is 11.7 Å². The van der Waals surface area contributed by atoms with Crippen molar-refractivity contribution >= 4 is 11.5 Å². The van der Waals surface area contributed by atoms with Crippen LogP contribution < -0.4 is 11.0 Å². The van der Waals surface area contributed by atoms with E-state index in [0.717, 1.165) is 18.2 Å². The first-order valence-corrected chi connectivity index (χ1v) is 6.75. The Kier molecular flexibility index (Phi) is 4.19. The van der Waals surface area contributed by atoms with Crippen molar-refractivity contribution in [3.63, 3.8) is 0 Å². The Balaban J connectivity index is 1.95. The maximum absolute atomic E-state index is 11.3. The van der Waals surface area contributed by atoms with Crippen molar-refractivity contribution < 1.29 is 0 Å². The summed E-state index contributed by atoms with van der Waals surface area (Å²) in [5.41, 5.74) is 0.316. The fourth-order valence-corrected chi connectivity index (χ4v) is 2.05. The van der Waals surface area contributed by atoms with Crippen LogP contribution in [0.4, 0.5) is 5.82 Å². The Morgan fingerprint density at radius 3 is 2.89 bits per heavy atom.